The summed E-state index contributed by atoms with van der Waals surface area (Å²) in [5.41, 5.74) is 0.192. The largest absolute Gasteiger partial charge is 0.325 e. The molecule has 0 aromatic heterocycles. The van der Waals surface area contributed by atoms with Crippen LogP contribution in [0.5, 0.6) is 0 Å². The Kier molecular flexibility index (Phi) is 4.06. The first-order valence-electron chi connectivity index (χ1n) is 9.11. The molecule has 0 aromatic carbocycles. The summed E-state index contributed by atoms with van der Waals surface area (Å²) >= 11 is 0. The van der Waals surface area contributed by atoms with Gasteiger partial charge in [0.15, 0.2) is 0 Å². The van der Waals surface area contributed by atoms with Gasteiger partial charge in [-0.25, -0.2) is 0 Å². The lowest BCUT2D eigenvalue weighted by atomic mass is 9.82. The fourth-order valence-electron chi connectivity index (χ4n) is 4.97. The van der Waals surface area contributed by atoms with Crippen LogP contribution < -0.4 is 5.32 Å². The van der Waals surface area contributed by atoms with Crippen LogP contribution in [0.25, 0.3) is 0 Å². The Labute approximate surface area is 129 Å². The standard InChI is InChI=1S/C18H32N2O/c1-4-17(9-5-6-10-17)13-20-15(14(2)3)19-18(16(20)21)11-7-8-12-18/h14-15,19H,4-13H2,1-3H3. The monoisotopic (exact) mass is 292 g/mol. The van der Waals surface area contributed by atoms with Crippen molar-refractivity contribution < 1.29 is 4.79 Å². The van der Waals surface area contributed by atoms with Crippen molar-refractivity contribution in [2.24, 2.45) is 11.3 Å². The zero-order valence-electron chi connectivity index (χ0n) is 14.1. The predicted octanol–water partition coefficient (Wildman–Crippen LogP) is 3.68. The fourth-order valence-corrected chi connectivity index (χ4v) is 4.97. The van der Waals surface area contributed by atoms with Crippen molar-refractivity contribution in [3.63, 3.8) is 0 Å². The van der Waals surface area contributed by atoms with Gasteiger partial charge in [-0.15, -0.1) is 0 Å². The predicted molar refractivity (Wildman–Crippen MR) is 85.9 cm³/mol. The minimum atomic E-state index is -0.206. The lowest BCUT2D eigenvalue weighted by Crippen LogP contribution is -2.46. The number of rotatable bonds is 4. The smallest absolute Gasteiger partial charge is 0.244 e. The molecule has 2 saturated carbocycles. The number of nitrogens with zero attached hydrogens (tertiary/aromatic N) is 1. The molecule has 1 spiro atoms. The van der Waals surface area contributed by atoms with Crippen LogP contribution in [0.4, 0.5) is 0 Å². The van der Waals surface area contributed by atoms with Gasteiger partial charge in [0, 0.05) is 6.54 Å². The molecule has 3 heteroatoms. The third-order valence-electron chi connectivity index (χ3n) is 6.44. The van der Waals surface area contributed by atoms with E-state index < -0.39 is 0 Å². The van der Waals surface area contributed by atoms with Crippen LogP contribution in [0.3, 0.4) is 0 Å². The van der Waals surface area contributed by atoms with Gasteiger partial charge in [0.2, 0.25) is 5.91 Å². The summed E-state index contributed by atoms with van der Waals surface area (Å²) in [5, 5.41) is 3.76. The lowest BCUT2D eigenvalue weighted by molar-refractivity contribution is -0.135. The highest BCUT2D eigenvalue weighted by Gasteiger charge is 2.54. The van der Waals surface area contributed by atoms with Crippen molar-refractivity contribution in [3.05, 3.63) is 0 Å². The van der Waals surface area contributed by atoms with Crippen LogP contribution in [-0.2, 0) is 4.79 Å². The Morgan fingerprint density at radius 3 is 2.24 bits per heavy atom. The Hall–Kier alpha value is -0.570. The summed E-state index contributed by atoms with van der Waals surface area (Å²) in [6, 6.07) is 0. The van der Waals surface area contributed by atoms with E-state index in [4.69, 9.17) is 0 Å². The molecular formula is C18H32N2O. The molecule has 21 heavy (non-hydrogen) atoms. The Bertz CT molecular complexity index is 392. The maximum Gasteiger partial charge on any atom is 0.244 e. The van der Waals surface area contributed by atoms with E-state index in [0.29, 0.717) is 17.2 Å². The number of carbonyl (C=O) groups is 1. The van der Waals surface area contributed by atoms with Crippen LogP contribution >= 0.6 is 0 Å². The zero-order valence-corrected chi connectivity index (χ0v) is 14.1. The summed E-state index contributed by atoms with van der Waals surface area (Å²) in [6.07, 6.45) is 11.3. The molecule has 1 heterocycles. The van der Waals surface area contributed by atoms with Gasteiger partial charge in [-0.05, 0) is 43.4 Å². The van der Waals surface area contributed by atoms with Crippen LogP contribution in [0.2, 0.25) is 0 Å². The van der Waals surface area contributed by atoms with Gasteiger partial charge in [0.05, 0.1) is 11.7 Å². The molecule has 3 rings (SSSR count). The molecule has 1 unspecified atom stereocenters. The van der Waals surface area contributed by atoms with Gasteiger partial charge in [-0.3, -0.25) is 10.1 Å². The van der Waals surface area contributed by atoms with Crippen molar-refractivity contribution in [1.29, 1.82) is 0 Å². The number of amides is 1. The maximum atomic E-state index is 13.2. The summed E-state index contributed by atoms with van der Waals surface area (Å²) in [4.78, 5) is 15.4. The minimum Gasteiger partial charge on any atom is -0.325 e. The van der Waals surface area contributed by atoms with E-state index in [2.05, 4.69) is 31.0 Å². The molecule has 0 bridgehead atoms. The molecule has 1 N–H and O–H groups in total. The van der Waals surface area contributed by atoms with E-state index >= 15 is 0 Å². The molecule has 0 aromatic rings. The molecule has 1 saturated heterocycles. The first-order valence-corrected chi connectivity index (χ1v) is 9.11. The molecule has 2 aliphatic carbocycles. The molecule has 1 amide bonds. The van der Waals surface area contributed by atoms with E-state index in [1.165, 1.54) is 44.9 Å². The van der Waals surface area contributed by atoms with Crippen molar-refractivity contribution in [3.8, 4) is 0 Å². The van der Waals surface area contributed by atoms with Crippen LogP contribution in [0, 0.1) is 11.3 Å². The lowest BCUT2D eigenvalue weighted by Gasteiger charge is -2.36. The second-order valence-corrected chi connectivity index (χ2v) is 8.12. The fraction of sp³-hybridized carbons (Fsp3) is 0.944. The Balaban J connectivity index is 1.82. The van der Waals surface area contributed by atoms with Gasteiger partial charge in [0.1, 0.15) is 0 Å². The first kappa shape index (κ1) is 15.3. The third kappa shape index (κ3) is 2.52. The molecule has 1 atom stereocenters. The van der Waals surface area contributed by atoms with Gasteiger partial charge >= 0.3 is 0 Å². The van der Waals surface area contributed by atoms with Crippen LogP contribution in [-0.4, -0.2) is 29.1 Å². The highest BCUT2D eigenvalue weighted by Crippen LogP contribution is 2.45. The van der Waals surface area contributed by atoms with E-state index in [1.54, 1.807) is 0 Å². The van der Waals surface area contributed by atoms with Crippen molar-refractivity contribution in [2.75, 3.05) is 6.54 Å². The highest BCUT2D eigenvalue weighted by atomic mass is 16.2. The van der Waals surface area contributed by atoms with Crippen molar-refractivity contribution in [2.45, 2.75) is 90.3 Å². The van der Waals surface area contributed by atoms with E-state index in [0.717, 1.165) is 19.4 Å². The van der Waals surface area contributed by atoms with Crippen LogP contribution in [0.15, 0.2) is 0 Å². The maximum absolute atomic E-state index is 13.2. The second-order valence-electron chi connectivity index (χ2n) is 8.12. The second kappa shape index (κ2) is 5.57. The van der Waals surface area contributed by atoms with E-state index in [1.807, 2.05) is 0 Å². The van der Waals surface area contributed by atoms with Crippen molar-refractivity contribution in [1.82, 2.24) is 10.2 Å². The van der Waals surface area contributed by atoms with E-state index in [9.17, 15) is 4.79 Å². The highest BCUT2D eigenvalue weighted by molar-refractivity contribution is 5.89. The molecule has 1 aliphatic heterocycles. The molecule has 3 aliphatic rings. The van der Waals surface area contributed by atoms with Gasteiger partial charge in [-0.2, -0.15) is 0 Å². The molecule has 120 valence electrons. The Morgan fingerprint density at radius 1 is 1.14 bits per heavy atom. The summed E-state index contributed by atoms with van der Waals surface area (Å²) in [5.74, 6) is 0.905. The van der Waals surface area contributed by atoms with Crippen molar-refractivity contribution >= 4 is 5.91 Å². The summed E-state index contributed by atoms with van der Waals surface area (Å²) < 4.78 is 0. The number of nitrogens with one attached hydrogen (secondary N) is 1. The normalized spacial score (nSPS) is 31.0. The molecule has 0 radical (unpaired) electrons. The molecule has 3 nitrogen and oxygen atoms in total. The van der Waals surface area contributed by atoms with Gasteiger partial charge in [0.25, 0.3) is 0 Å². The Morgan fingerprint density at radius 2 is 1.71 bits per heavy atom. The van der Waals surface area contributed by atoms with E-state index in [-0.39, 0.29) is 11.7 Å². The minimum absolute atomic E-state index is 0.206. The van der Waals surface area contributed by atoms with Crippen LogP contribution in [0.1, 0.15) is 78.6 Å². The topological polar surface area (TPSA) is 32.3 Å². The number of carbonyl (C=O) groups excluding carboxylic acids is 1. The average Bonchev–Trinajstić information content (AvgIpc) is 3.17. The van der Waals surface area contributed by atoms with Gasteiger partial charge in [-0.1, -0.05) is 46.5 Å². The first-order chi connectivity index (χ1) is 10.0. The molecule has 3 fully saturated rings. The third-order valence-corrected chi connectivity index (χ3v) is 6.44. The molecular weight excluding hydrogens is 260 g/mol. The number of hydrogen-bond donors (Lipinski definition) is 1. The summed E-state index contributed by atoms with van der Waals surface area (Å²) in [7, 11) is 0. The van der Waals surface area contributed by atoms with Gasteiger partial charge < -0.3 is 4.90 Å². The summed E-state index contributed by atoms with van der Waals surface area (Å²) in [6.45, 7) is 7.80. The SMILES string of the molecule is CCC1(CN2C(=O)C3(CCCC3)NC2C(C)C)CCCC1. The number of hydrogen-bond acceptors (Lipinski definition) is 2. The quantitative estimate of drug-likeness (QED) is 0.857. The average molecular weight is 292 g/mol. The zero-order chi connectivity index (χ0) is 15.1.